The predicted molar refractivity (Wildman–Crippen MR) is 107 cm³/mol. The molecular formula is C21H22N4O3. The van der Waals surface area contributed by atoms with Gasteiger partial charge in [0.05, 0.1) is 14.2 Å². The van der Waals surface area contributed by atoms with Gasteiger partial charge in [-0.2, -0.15) is 0 Å². The maximum absolute atomic E-state index is 12.4. The van der Waals surface area contributed by atoms with E-state index in [2.05, 4.69) is 20.6 Å². The van der Waals surface area contributed by atoms with E-state index in [1.807, 2.05) is 48.5 Å². The number of carbonyl (C=O) groups excluding carboxylic acids is 1. The summed E-state index contributed by atoms with van der Waals surface area (Å²) in [5.74, 6) is 1.68. The van der Waals surface area contributed by atoms with Gasteiger partial charge in [0, 0.05) is 18.4 Å². The number of methoxy groups -OCH3 is 2. The first kappa shape index (κ1) is 19.2. The van der Waals surface area contributed by atoms with Crippen LogP contribution in [0, 0.1) is 0 Å². The molecule has 7 heteroatoms. The molecule has 0 radical (unpaired) electrons. The summed E-state index contributed by atoms with van der Waals surface area (Å²) < 4.78 is 10.3. The van der Waals surface area contributed by atoms with Crippen LogP contribution < -0.4 is 20.1 Å². The van der Waals surface area contributed by atoms with Crippen molar-refractivity contribution in [1.82, 2.24) is 15.3 Å². The Morgan fingerprint density at radius 1 is 0.929 bits per heavy atom. The number of hydrogen-bond acceptors (Lipinski definition) is 6. The number of anilines is 2. The number of nitrogens with one attached hydrogen (secondary N) is 2. The zero-order chi connectivity index (χ0) is 19.8. The van der Waals surface area contributed by atoms with Crippen molar-refractivity contribution in [2.45, 2.75) is 6.42 Å². The van der Waals surface area contributed by atoms with E-state index in [1.165, 1.54) is 0 Å². The Balaban J connectivity index is 1.55. The molecule has 0 aliphatic rings. The molecule has 2 N–H and O–H groups in total. The predicted octanol–water partition coefficient (Wildman–Crippen LogP) is 3.21. The second-order valence-electron chi connectivity index (χ2n) is 5.97. The van der Waals surface area contributed by atoms with E-state index in [9.17, 15) is 4.79 Å². The zero-order valence-corrected chi connectivity index (χ0v) is 15.8. The Morgan fingerprint density at radius 2 is 1.57 bits per heavy atom. The lowest BCUT2D eigenvalue weighted by atomic mass is 10.1. The molecule has 0 spiro atoms. The zero-order valence-electron chi connectivity index (χ0n) is 15.8. The third kappa shape index (κ3) is 5.20. The minimum absolute atomic E-state index is 0.242. The molecule has 0 bridgehead atoms. The number of benzene rings is 2. The van der Waals surface area contributed by atoms with Crippen LogP contribution in [0.5, 0.6) is 11.5 Å². The van der Waals surface area contributed by atoms with Crippen LogP contribution in [-0.4, -0.2) is 36.6 Å². The normalized spacial score (nSPS) is 10.2. The highest BCUT2D eigenvalue weighted by Crippen LogP contribution is 2.17. The first-order chi connectivity index (χ1) is 13.7. The highest BCUT2D eigenvalue weighted by molar-refractivity contribution is 5.92. The second-order valence-corrected chi connectivity index (χ2v) is 5.97. The van der Waals surface area contributed by atoms with Gasteiger partial charge in [-0.15, -0.1) is 0 Å². The smallest absolute Gasteiger partial charge is 0.270 e. The van der Waals surface area contributed by atoms with Gasteiger partial charge >= 0.3 is 0 Å². The molecule has 2 aromatic carbocycles. The molecular weight excluding hydrogens is 356 g/mol. The summed E-state index contributed by atoms with van der Waals surface area (Å²) in [7, 11) is 3.25. The summed E-state index contributed by atoms with van der Waals surface area (Å²) in [6, 6.07) is 16.7. The summed E-state index contributed by atoms with van der Waals surface area (Å²) in [5, 5.41) is 5.95. The minimum Gasteiger partial charge on any atom is -0.497 e. The molecule has 3 aromatic rings. The van der Waals surface area contributed by atoms with Gasteiger partial charge in [0.15, 0.2) is 0 Å². The molecule has 0 unspecified atom stereocenters. The molecule has 1 aromatic heterocycles. The van der Waals surface area contributed by atoms with Gasteiger partial charge in [0.2, 0.25) is 5.95 Å². The Kier molecular flexibility index (Phi) is 6.41. The van der Waals surface area contributed by atoms with Crippen molar-refractivity contribution >= 4 is 17.5 Å². The third-order valence-corrected chi connectivity index (χ3v) is 4.09. The summed E-state index contributed by atoms with van der Waals surface area (Å²) in [4.78, 5) is 20.8. The van der Waals surface area contributed by atoms with E-state index < -0.39 is 0 Å². The van der Waals surface area contributed by atoms with Crippen LogP contribution in [0.3, 0.4) is 0 Å². The molecule has 0 aliphatic heterocycles. The number of ether oxygens (including phenoxy) is 2. The van der Waals surface area contributed by atoms with Crippen molar-refractivity contribution < 1.29 is 14.3 Å². The van der Waals surface area contributed by atoms with Crippen LogP contribution in [0.4, 0.5) is 11.6 Å². The quantitative estimate of drug-likeness (QED) is 0.626. The summed E-state index contributed by atoms with van der Waals surface area (Å²) in [5.41, 5.74) is 2.23. The van der Waals surface area contributed by atoms with Crippen LogP contribution in [0.2, 0.25) is 0 Å². The number of carbonyl (C=O) groups is 1. The first-order valence-electron chi connectivity index (χ1n) is 8.83. The number of hydrogen-bond donors (Lipinski definition) is 2. The highest BCUT2D eigenvalue weighted by Gasteiger charge is 2.09. The van der Waals surface area contributed by atoms with E-state index in [0.29, 0.717) is 18.2 Å². The second kappa shape index (κ2) is 9.36. The Bertz CT molecular complexity index is 912. The average Bonchev–Trinajstić information content (AvgIpc) is 2.75. The fourth-order valence-electron chi connectivity index (χ4n) is 2.55. The van der Waals surface area contributed by atoms with Gasteiger partial charge in [-0.1, -0.05) is 12.1 Å². The number of rotatable bonds is 8. The van der Waals surface area contributed by atoms with Gasteiger partial charge in [-0.25, -0.2) is 9.97 Å². The van der Waals surface area contributed by atoms with Crippen LogP contribution in [0.15, 0.2) is 60.8 Å². The van der Waals surface area contributed by atoms with Gasteiger partial charge < -0.3 is 20.1 Å². The minimum atomic E-state index is -0.242. The lowest BCUT2D eigenvalue weighted by Gasteiger charge is -2.08. The Labute approximate surface area is 163 Å². The van der Waals surface area contributed by atoms with Crippen LogP contribution in [0.1, 0.15) is 16.1 Å². The van der Waals surface area contributed by atoms with Crippen molar-refractivity contribution in [2.75, 3.05) is 26.1 Å². The molecule has 0 aliphatic carbocycles. The Hall–Kier alpha value is -3.61. The molecule has 144 valence electrons. The molecule has 1 heterocycles. The van der Waals surface area contributed by atoms with Crippen molar-refractivity contribution in [3.8, 4) is 11.5 Å². The third-order valence-electron chi connectivity index (χ3n) is 4.09. The summed E-state index contributed by atoms with van der Waals surface area (Å²) in [6.45, 7) is 0.510. The first-order valence-corrected chi connectivity index (χ1v) is 8.83. The molecule has 0 saturated carbocycles. The largest absolute Gasteiger partial charge is 0.497 e. The van der Waals surface area contributed by atoms with Crippen molar-refractivity contribution in [2.24, 2.45) is 0 Å². The van der Waals surface area contributed by atoms with Gasteiger partial charge in [0.25, 0.3) is 5.91 Å². The van der Waals surface area contributed by atoms with E-state index in [-0.39, 0.29) is 5.91 Å². The average molecular weight is 378 g/mol. The van der Waals surface area contributed by atoms with Crippen molar-refractivity contribution in [3.05, 3.63) is 72.1 Å². The molecule has 1 amide bonds. The van der Waals surface area contributed by atoms with E-state index >= 15 is 0 Å². The molecule has 28 heavy (non-hydrogen) atoms. The number of amides is 1. The monoisotopic (exact) mass is 378 g/mol. The lowest BCUT2D eigenvalue weighted by molar-refractivity contribution is 0.0949. The molecule has 0 fully saturated rings. The van der Waals surface area contributed by atoms with E-state index in [1.54, 1.807) is 26.5 Å². The molecule has 0 atom stereocenters. The van der Waals surface area contributed by atoms with Gasteiger partial charge in [-0.05, 0) is 54.4 Å². The van der Waals surface area contributed by atoms with Crippen molar-refractivity contribution in [3.63, 3.8) is 0 Å². The number of nitrogens with zero attached hydrogens (tertiary/aromatic N) is 2. The van der Waals surface area contributed by atoms with Crippen LogP contribution in [0.25, 0.3) is 0 Å². The fraction of sp³-hybridized carbons (Fsp3) is 0.190. The highest BCUT2D eigenvalue weighted by atomic mass is 16.5. The number of aromatic nitrogens is 2. The maximum Gasteiger partial charge on any atom is 0.270 e. The fourth-order valence-corrected chi connectivity index (χ4v) is 2.55. The molecule has 7 nitrogen and oxygen atoms in total. The van der Waals surface area contributed by atoms with Gasteiger partial charge in [-0.3, -0.25) is 4.79 Å². The van der Waals surface area contributed by atoms with E-state index in [4.69, 9.17) is 9.47 Å². The standard InChI is InChI=1S/C21H22N4O3/c1-27-17-7-3-15(4-8-17)11-13-22-20(26)19-12-14-23-21(25-19)24-16-5-9-18(28-2)10-6-16/h3-10,12,14H,11,13H2,1-2H3,(H,22,26)(H,23,24,25). The lowest BCUT2D eigenvalue weighted by Crippen LogP contribution is -2.26. The molecule has 0 saturated heterocycles. The summed E-state index contributed by atoms with van der Waals surface area (Å²) in [6.07, 6.45) is 2.27. The van der Waals surface area contributed by atoms with Crippen LogP contribution in [-0.2, 0) is 6.42 Å². The topological polar surface area (TPSA) is 85.4 Å². The Morgan fingerprint density at radius 3 is 2.21 bits per heavy atom. The van der Waals surface area contributed by atoms with Crippen molar-refractivity contribution in [1.29, 1.82) is 0 Å². The maximum atomic E-state index is 12.4. The van der Waals surface area contributed by atoms with Crippen LogP contribution >= 0.6 is 0 Å². The molecule has 3 rings (SSSR count). The van der Waals surface area contributed by atoms with E-state index in [0.717, 1.165) is 29.2 Å². The SMILES string of the molecule is COc1ccc(CCNC(=O)c2ccnc(Nc3ccc(OC)cc3)n2)cc1. The van der Waals surface area contributed by atoms with Gasteiger partial charge in [0.1, 0.15) is 17.2 Å². The summed E-state index contributed by atoms with van der Waals surface area (Å²) >= 11 is 0.